The van der Waals surface area contributed by atoms with Crippen LogP contribution in [0.15, 0.2) is 0 Å². The number of aliphatic hydroxyl groups excluding tert-OH is 2. The molecule has 0 saturated carbocycles. The maximum absolute atomic E-state index is 12.3. The molecule has 18 heavy (non-hydrogen) atoms. The average molecular weight is 258 g/mol. The van der Waals surface area contributed by atoms with Gasteiger partial charge in [-0.05, 0) is 26.7 Å². The highest BCUT2D eigenvalue weighted by Crippen LogP contribution is 2.12. The molecule has 0 aromatic rings. The Bertz CT molecular complexity index is 259. The van der Waals surface area contributed by atoms with E-state index < -0.39 is 5.54 Å². The number of nitrogens with one attached hydrogen (secondary N) is 1. The fraction of sp³-hybridized carbons (Fsp3) is 0.923. The molecule has 0 aromatic carbocycles. The zero-order valence-corrected chi connectivity index (χ0v) is 11.5. The lowest BCUT2D eigenvalue weighted by molar-refractivity contribution is -0.133. The van der Waals surface area contributed by atoms with Gasteiger partial charge >= 0.3 is 0 Å². The predicted octanol–water partition coefficient (Wildman–Crippen LogP) is 0.110. The quantitative estimate of drug-likeness (QED) is 0.654. The minimum Gasteiger partial charge on any atom is -0.394 e. The standard InChI is InChI=1S/C13H26N2O3/c1-11(14-13(2,9-16)10-17)12(18)15-7-5-3-4-6-8-15/h11,14,16-17H,3-10H2,1-2H3. The monoisotopic (exact) mass is 258 g/mol. The van der Waals surface area contributed by atoms with E-state index in [-0.39, 0.29) is 25.2 Å². The van der Waals surface area contributed by atoms with Crippen LogP contribution in [0.4, 0.5) is 0 Å². The molecule has 1 fully saturated rings. The normalized spacial score (nSPS) is 19.4. The summed E-state index contributed by atoms with van der Waals surface area (Å²) in [7, 11) is 0. The topological polar surface area (TPSA) is 72.8 Å². The Morgan fingerprint density at radius 3 is 2.17 bits per heavy atom. The highest BCUT2D eigenvalue weighted by atomic mass is 16.3. The number of rotatable bonds is 5. The zero-order valence-electron chi connectivity index (χ0n) is 11.5. The summed E-state index contributed by atoms with van der Waals surface area (Å²) < 4.78 is 0. The Morgan fingerprint density at radius 2 is 1.72 bits per heavy atom. The third-order valence-electron chi connectivity index (χ3n) is 3.55. The number of nitrogens with zero attached hydrogens (tertiary/aromatic N) is 1. The van der Waals surface area contributed by atoms with Crippen molar-refractivity contribution in [1.29, 1.82) is 0 Å². The second kappa shape index (κ2) is 7.07. The van der Waals surface area contributed by atoms with Crippen LogP contribution in [0.25, 0.3) is 0 Å². The number of carbonyl (C=O) groups is 1. The average Bonchev–Trinajstić information content (AvgIpc) is 2.66. The van der Waals surface area contributed by atoms with Crippen molar-refractivity contribution in [3.8, 4) is 0 Å². The van der Waals surface area contributed by atoms with Crippen LogP contribution >= 0.6 is 0 Å². The number of aliphatic hydroxyl groups is 2. The first-order chi connectivity index (χ1) is 8.52. The molecule has 1 amide bonds. The van der Waals surface area contributed by atoms with Crippen LogP contribution in [0.1, 0.15) is 39.5 Å². The number of carbonyl (C=O) groups excluding carboxylic acids is 1. The van der Waals surface area contributed by atoms with E-state index in [0.717, 1.165) is 25.9 Å². The van der Waals surface area contributed by atoms with Crippen LogP contribution in [0.2, 0.25) is 0 Å². The van der Waals surface area contributed by atoms with Gasteiger partial charge in [-0.25, -0.2) is 0 Å². The van der Waals surface area contributed by atoms with Crippen molar-refractivity contribution in [1.82, 2.24) is 10.2 Å². The Hall–Kier alpha value is -0.650. The summed E-state index contributed by atoms with van der Waals surface area (Å²) in [5.41, 5.74) is -0.805. The van der Waals surface area contributed by atoms with E-state index in [1.807, 2.05) is 4.90 Å². The first-order valence-corrected chi connectivity index (χ1v) is 6.80. The highest BCUT2D eigenvalue weighted by molar-refractivity contribution is 5.81. The summed E-state index contributed by atoms with van der Waals surface area (Å²) in [6.07, 6.45) is 4.51. The van der Waals surface area contributed by atoms with E-state index in [2.05, 4.69) is 5.32 Å². The summed E-state index contributed by atoms with van der Waals surface area (Å²) in [5.74, 6) is 0.0602. The van der Waals surface area contributed by atoms with Crippen LogP contribution < -0.4 is 5.32 Å². The van der Waals surface area contributed by atoms with Gasteiger partial charge in [-0.3, -0.25) is 10.1 Å². The fourth-order valence-electron chi connectivity index (χ4n) is 2.29. The summed E-state index contributed by atoms with van der Waals surface area (Å²) in [4.78, 5) is 14.1. The van der Waals surface area contributed by atoms with Gasteiger partial charge in [0.25, 0.3) is 0 Å². The molecule has 1 atom stereocenters. The first-order valence-electron chi connectivity index (χ1n) is 6.80. The minimum atomic E-state index is -0.805. The van der Waals surface area contributed by atoms with Gasteiger partial charge in [-0.1, -0.05) is 12.8 Å². The van der Waals surface area contributed by atoms with E-state index in [4.69, 9.17) is 0 Å². The summed E-state index contributed by atoms with van der Waals surface area (Å²) in [5, 5.41) is 21.5. The molecule has 0 spiro atoms. The van der Waals surface area contributed by atoms with Gasteiger partial charge in [0.15, 0.2) is 0 Å². The molecule has 0 radical (unpaired) electrons. The van der Waals surface area contributed by atoms with Gasteiger partial charge in [0.05, 0.1) is 24.8 Å². The maximum Gasteiger partial charge on any atom is 0.239 e. The summed E-state index contributed by atoms with van der Waals surface area (Å²) in [6, 6.07) is -0.382. The molecule has 5 nitrogen and oxygen atoms in total. The van der Waals surface area contributed by atoms with Gasteiger partial charge in [-0.2, -0.15) is 0 Å². The molecule has 0 bridgehead atoms. The Morgan fingerprint density at radius 1 is 1.22 bits per heavy atom. The molecule has 1 aliphatic heterocycles. The molecule has 3 N–H and O–H groups in total. The zero-order chi connectivity index (χ0) is 13.6. The lowest BCUT2D eigenvalue weighted by Gasteiger charge is -2.32. The van der Waals surface area contributed by atoms with Crippen molar-refractivity contribution in [2.45, 2.75) is 51.1 Å². The highest BCUT2D eigenvalue weighted by Gasteiger charge is 2.29. The molecule has 1 saturated heterocycles. The number of hydrogen-bond donors (Lipinski definition) is 3. The van der Waals surface area contributed by atoms with Gasteiger partial charge < -0.3 is 15.1 Å². The van der Waals surface area contributed by atoms with E-state index in [0.29, 0.717) is 0 Å². The van der Waals surface area contributed by atoms with Gasteiger partial charge in [0, 0.05) is 13.1 Å². The van der Waals surface area contributed by atoms with E-state index in [9.17, 15) is 15.0 Å². The van der Waals surface area contributed by atoms with E-state index in [1.165, 1.54) is 12.8 Å². The smallest absolute Gasteiger partial charge is 0.239 e. The van der Waals surface area contributed by atoms with Crippen molar-refractivity contribution in [2.24, 2.45) is 0 Å². The number of amides is 1. The predicted molar refractivity (Wildman–Crippen MR) is 70.2 cm³/mol. The van der Waals surface area contributed by atoms with Crippen molar-refractivity contribution < 1.29 is 15.0 Å². The van der Waals surface area contributed by atoms with Crippen LogP contribution in [0.3, 0.4) is 0 Å². The lowest BCUT2D eigenvalue weighted by atomic mass is 10.0. The van der Waals surface area contributed by atoms with Crippen LogP contribution in [-0.4, -0.2) is 58.9 Å². The number of hydrogen-bond acceptors (Lipinski definition) is 4. The molecule has 106 valence electrons. The second-order valence-corrected chi connectivity index (χ2v) is 5.48. The van der Waals surface area contributed by atoms with Crippen molar-refractivity contribution >= 4 is 5.91 Å². The second-order valence-electron chi connectivity index (χ2n) is 5.48. The number of likely N-dealkylation sites (tertiary alicyclic amines) is 1. The van der Waals surface area contributed by atoms with Crippen molar-refractivity contribution in [3.05, 3.63) is 0 Å². The van der Waals surface area contributed by atoms with E-state index >= 15 is 0 Å². The summed E-state index contributed by atoms with van der Waals surface area (Å²) >= 11 is 0. The molecule has 1 aliphatic rings. The van der Waals surface area contributed by atoms with Crippen LogP contribution in [0.5, 0.6) is 0 Å². The molecule has 0 aliphatic carbocycles. The van der Waals surface area contributed by atoms with Crippen molar-refractivity contribution in [2.75, 3.05) is 26.3 Å². The Balaban J connectivity index is 2.54. The SMILES string of the molecule is CC(NC(C)(CO)CO)C(=O)N1CCCCCC1. The van der Waals surface area contributed by atoms with Gasteiger partial charge in [0.2, 0.25) is 5.91 Å². The minimum absolute atomic E-state index is 0.0602. The third-order valence-corrected chi connectivity index (χ3v) is 3.55. The van der Waals surface area contributed by atoms with Gasteiger partial charge in [-0.15, -0.1) is 0 Å². The first kappa shape index (κ1) is 15.4. The lowest BCUT2D eigenvalue weighted by Crippen LogP contribution is -2.57. The Kier molecular flexibility index (Phi) is 6.05. The van der Waals surface area contributed by atoms with Crippen LogP contribution in [0, 0.1) is 0 Å². The van der Waals surface area contributed by atoms with Gasteiger partial charge in [0.1, 0.15) is 0 Å². The molecule has 1 rings (SSSR count). The summed E-state index contributed by atoms with van der Waals surface area (Å²) in [6.45, 7) is 4.75. The Labute approximate surface area is 109 Å². The third kappa shape index (κ3) is 4.23. The molecule has 1 heterocycles. The molecule has 5 heteroatoms. The molecular formula is C13H26N2O3. The van der Waals surface area contributed by atoms with Crippen molar-refractivity contribution in [3.63, 3.8) is 0 Å². The molecule has 1 unspecified atom stereocenters. The molecular weight excluding hydrogens is 232 g/mol. The van der Waals surface area contributed by atoms with E-state index in [1.54, 1.807) is 13.8 Å². The van der Waals surface area contributed by atoms with Crippen LogP contribution in [-0.2, 0) is 4.79 Å². The fourth-order valence-corrected chi connectivity index (χ4v) is 2.29. The molecule has 0 aromatic heterocycles. The maximum atomic E-state index is 12.3. The largest absolute Gasteiger partial charge is 0.394 e.